The van der Waals surface area contributed by atoms with Crippen molar-refractivity contribution in [1.82, 2.24) is 0 Å². The van der Waals surface area contributed by atoms with Gasteiger partial charge in [-0.3, -0.25) is 9.59 Å². The molecule has 0 saturated heterocycles. The summed E-state index contributed by atoms with van der Waals surface area (Å²) in [5.74, 6) is -1.44. The van der Waals surface area contributed by atoms with E-state index < -0.39 is 28.9 Å². The number of aliphatic hydroxyl groups excluding tert-OH is 2. The second-order valence-electron chi connectivity index (χ2n) is 14.6. The first-order chi connectivity index (χ1) is 16.6. The smallest absolute Gasteiger partial charge is 0.312 e. The van der Waals surface area contributed by atoms with Gasteiger partial charge in [-0.25, -0.2) is 0 Å². The molecule has 0 amide bonds. The van der Waals surface area contributed by atoms with Gasteiger partial charge in [-0.05, 0) is 111 Å². The maximum absolute atomic E-state index is 12.8. The van der Waals surface area contributed by atoms with E-state index in [4.69, 9.17) is 0 Å². The van der Waals surface area contributed by atoms with Gasteiger partial charge >= 0.3 is 11.9 Å². The zero-order valence-electron chi connectivity index (χ0n) is 22.8. The highest BCUT2D eigenvalue weighted by Crippen LogP contribution is 2.75. The Morgan fingerprint density at radius 2 is 1.56 bits per heavy atom. The fraction of sp³-hybridized carbons (Fsp3) is 0.867. The molecule has 4 N–H and O–H groups in total. The minimum atomic E-state index is -1.14. The van der Waals surface area contributed by atoms with Crippen molar-refractivity contribution in [1.29, 1.82) is 0 Å². The molecule has 0 aliphatic heterocycles. The van der Waals surface area contributed by atoms with E-state index in [1.54, 1.807) is 6.92 Å². The van der Waals surface area contributed by atoms with Crippen LogP contribution in [0, 0.1) is 50.2 Å². The molecule has 10 atom stereocenters. The highest BCUT2D eigenvalue weighted by atomic mass is 16.4. The molecule has 202 valence electrons. The Bertz CT molecular complexity index is 1010. The number of aliphatic hydroxyl groups is 2. The van der Waals surface area contributed by atoms with Crippen LogP contribution < -0.4 is 0 Å². The average Bonchev–Trinajstić information content (AvgIpc) is 2.82. The summed E-state index contributed by atoms with van der Waals surface area (Å²) < 4.78 is 0. The molecule has 0 aromatic rings. The molecule has 6 heteroatoms. The third-order valence-corrected chi connectivity index (χ3v) is 13.4. The molecular weight excluding hydrogens is 456 g/mol. The lowest BCUT2D eigenvalue weighted by Gasteiger charge is -2.70. The van der Waals surface area contributed by atoms with Crippen LogP contribution in [0.25, 0.3) is 0 Å². The Balaban J connectivity index is 1.60. The van der Waals surface area contributed by atoms with Crippen LogP contribution in [-0.2, 0) is 9.59 Å². The lowest BCUT2D eigenvalue weighted by atomic mass is 9.33. The van der Waals surface area contributed by atoms with Gasteiger partial charge < -0.3 is 20.4 Å². The fourth-order valence-electron chi connectivity index (χ4n) is 10.6. The number of rotatable bonds is 3. The monoisotopic (exact) mass is 502 g/mol. The molecule has 0 bridgehead atoms. The van der Waals surface area contributed by atoms with Crippen molar-refractivity contribution in [2.45, 2.75) is 105 Å². The number of hydrogen-bond acceptors (Lipinski definition) is 4. The molecule has 5 rings (SSSR count). The molecule has 5 aliphatic carbocycles. The van der Waals surface area contributed by atoms with Crippen LogP contribution in [0.2, 0.25) is 0 Å². The molecular formula is C30H46O6. The molecule has 0 aromatic carbocycles. The summed E-state index contributed by atoms with van der Waals surface area (Å²) in [4.78, 5) is 25.3. The maximum atomic E-state index is 12.8. The Labute approximate surface area is 215 Å². The first-order valence-electron chi connectivity index (χ1n) is 14.1. The average molecular weight is 503 g/mol. The molecule has 4 fully saturated rings. The van der Waals surface area contributed by atoms with Gasteiger partial charge in [0.2, 0.25) is 0 Å². The van der Waals surface area contributed by atoms with Gasteiger partial charge in [0, 0.05) is 6.61 Å². The standard InChI is InChI=1S/C30H46O6/c1-25(17-31)12-14-30(24(35)36)15-13-27(3)18(19(30)16-25)6-7-20-26(2)10-9-22(32)29(5,23(33)34)21(26)8-11-28(20,27)4/h6,19-22,31-32H,7-17H2,1-5H3,(H,33,34)(H,35,36)/t19-,20-,21?,22+,25?,26-,27-,28-,29?,30+/m1/s1. The van der Waals surface area contributed by atoms with Crippen molar-refractivity contribution in [2.75, 3.05) is 6.61 Å². The highest BCUT2D eigenvalue weighted by Gasteiger charge is 2.70. The lowest BCUT2D eigenvalue weighted by Crippen LogP contribution is -2.66. The quantitative estimate of drug-likeness (QED) is 0.391. The van der Waals surface area contributed by atoms with Gasteiger partial charge in [0.1, 0.15) is 0 Å². The van der Waals surface area contributed by atoms with Gasteiger partial charge in [0.05, 0.1) is 16.9 Å². The molecule has 0 aromatic heterocycles. The summed E-state index contributed by atoms with van der Waals surface area (Å²) >= 11 is 0. The van der Waals surface area contributed by atoms with Crippen LogP contribution in [-0.4, -0.2) is 45.1 Å². The second kappa shape index (κ2) is 7.81. The van der Waals surface area contributed by atoms with Gasteiger partial charge in [-0.15, -0.1) is 0 Å². The minimum absolute atomic E-state index is 0.0677. The Hall–Kier alpha value is -1.40. The number of hydrogen-bond donors (Lipinski definition) is 4. The first kappa shape index (κ1) is 26.2. The number of carbonyl (C=O) groups is 2. The van der Waals surface area contributed by atoms with Crippen molar-refractivity contribution in [3.8, 4) is 0 Å². The lowest BCUT2D eigenvalue weighted by molar-refractivity contribution is -0.217. The Kier molecular flexibility index (Phi) is 5.69. The molecule has 0 spiro atoms. The zero-order chi connectivity index (χ0) is 26.5. The maximum Gasteiger partial charge on any atom is 0.312 e. The summed E-state index contributed by atoms with van der Waals surface area (Å²) in [6.45, 7) is 11.0. The van der Waals surface area contributed by atoms with E-state index >= 15 is 0 Å². The summed E-state index contributed by atoms with van der Waals surface area (Å²) in [6, 6.07) is 0. The molecule has 5 aliphatic rings. The van der Waals surface area contributed by atoms with Crippen LogP contribution in [0.15, 0.2) is 11.6 Å². The summed E-state index contributed by atoms with van der Waals surface area (Å²) in [6.07, 6.45) is 8.94. The summed E-state index contributed by atoms with van der Waals surface area (Å²) in [5, 5.41) is 41.8. The topological polar surface area (TPSA) is 115 Å². The van der Waals surface area contributed by atoms with Crippen LogP contribution in [0.1, 0.15) is 98.8 Å². The normalized spacial score (nSPS) is 54.2. The predicted octanol–water partition coefficient (Wildman–Crippen LogP) is 5.27. The minimum Gasteiger partial charge on any atom is -0.481 e. The molecule has 0 radical (unpaired) electrons. The third-order valence-electron chi connectivity index (χ3n) is 13.4. The molecule has 0 heterocycles. The van der Waals surface area contributed by atoms with E-state index in [0.29, 0.717) is 25.7 Å². The largest absolute Gasteiger partial charge is 0.481 e. The van der Waals surface area contributed by atoms with Crippen LogP contribution in [0.3, 0.4) is 0 Å². The molecule has 3 unspecified atom stereocenters. The Morgan fingerprint density at radius 3 is 2.17 bits per heavy atom. The number of fused-ring (bicyclic) bond motifs is 7. The first-order valence-corrected chi connectivity index (χ1v) is 14.1. The van der Waals surface area contributed by atoms with E-state index in [0.717, 1.165) is 38.5 Å². The SMILES string of the molecule is CC1(CO)CC[C@]2(C(=O)O)CC[C@]3(C)C(=CC[C@@H]4[C@@]5(C)CC[C@H](O)C(C)(C(=O)O)C5CC[C@]43C)[C@H]2C1. The van der Waals surface area contributed by atoms with Gasteiger partial charge in [0.25, 0.3) is 0 Å². The van der Waals surface area contributed by atoms with Crippen LogP contribution in [0.4, 0.5) is 0 Å². The predicted molar refractivity (Wildman–Crippen MR) is 136 cm³/mol. The summed E-state index contributed by atoms with van der Waals surface area (Å²) in [5.41, 5.74) is -1.27. The van der Waals surface area contributed by atoms with Gasteiger partial charge in [-0.2, -0.15) is 0 Å². The molecule has 4 saturated carbocycles. The van der Waals surface area contributed by atoms with Crippen molar-refractivity contribution < 1.29 is 30.0 Å². The summed E-state index contributed by atoms with van der Waals surface area (Å²) in [7, 11) is 0. The number of carboxylic acid groups (broad SMARTS) is 2. The second-order valence-corrected chi connectivity index (χ2v) is 14.6. The van der Waals surface area contributed by atoms with Crippen molar-refractivity contribution in [3.05, 3.63) is 11.6 Å². The highest BCUT2D eigenvalue weighted by molar-refractivity contribution is 5.77. The zero-order valence-corrected chi connectivity index (χ0v) is 22.8. The van der Waals surface area contributed by atoms with E-state index in [-0.39, 0.29) is 46.0 Å². The van der Waals surface area contributed by atoms with Crippen molar-refractivity contribution in [3.63, 3.8) is 0 Å². The molecule has 6 nitrogen and oxygen atoms in total. The van der Waals surface area contributed by atoms with Crippen LogP contribution in [0.5, 0.6) is 0 Å². The third kappa shape index (κ3) is 2.98. The van der Waals surface area contributed by atoms with E-state index in [9.17, 15) is 30.0 Å². The van der Waals surface area contributed by atoms with E-state index in [2.05, 4.69) is 33.8 Å². The van der Waals surface area contributed by atoms with Gasteiger partial charge in [0.15, 0.2) is 0 Å². The van der Waals surface area contributed by atoms with Gasteiger partial charge in [-0.1, -0.05) is 39.3 Å². The van der Waals surface area contributed by atoms with Crippen molar-refractivity contribution in [2.24, 2.45) is 50.2 Å². The van der Waals surface area contributed by atoms with Crippen LogP contribution >= 0.6 is 0 Å². The Morgan fingerprint density at radius 1 is 0.889 bits per heavy atom. The number of allylic oxidation sites excluding steroid dienone is 2. The van der Waals surface area contributed by atoms with Crippen molar-refractivity contribution >= 4 is 11.9 Å². The number of carboxylic acids is 2. The number of aliphatic carboxylic acids is 2. The fourth-order valence-corrected chi connectivity index (χ4v) is 10.6. The van der Waals surface area contributed by atoms with E-state index in [1.807, 2.05) is 0 Å². The van der Waals surface area contributed by atoms with E-state index in [1.165, 1.54) is 5.57 Å². The molecule has 36 heavy (non-hydrogen) atoms.